The molecule has 70 valence electrons. The molecule has 2 rings (SSSR count). The van der Waals surface area contributed by atoms with Crippen LogP contribution >= 0.6 is 15.9 Å². The van der Waals surface area contributed by atoms with Crippen LogP contribution in [0.15, 0.2) is 34.9 Å². The number of rotatable bonds is 2. The topological polar surface area (TPSA) is 45.8 Å². The van der Waals surface area contributed by atoms with Gasteiger partial charge in [0.15, 0.2) is 6.29 Å². The number of aromatic amines is 1. The molecule has 0 fully saturated rings. The molecule has 4 heteroatoms. The van der Waals surface area contributed by atoms with E-state index in [4.69, 9.17) is 0 Å². The van der Waals surface area contributed by atoms with Crippen molar-refractivity contribution in [1.29, 1.82) is 0 Å². The van der Waals surface area contributed by atoms with Crippen molar-refractivity contribution in [2.45, 2.75) is 0 Å². The Bertz CT molecular complexity index is 465. The van der Waals surface area contributed by atoms with Crippen molar-refractivity contribution in [3.05, 3.63) is 40.5 Å². The molecular formula is C10H7BrN2O. The number of carbonyl (C=O) groups is 1. The lowest BCUT2D eigenvalue weighted by atomic mass is 10.1. The fourth-order valence-electron chi connectivity index (χ4n) is 1.26. The first-order valence-corrected chi connectivity index (χ1v) is 4.85. The Morgan fingerprint density at radius 3 is 2.86 bits per heavy atom. The molecule has 0 amide bonds. The number of benzene rings is 1. The second-order valence-electron chi connectivity index (χ2n) is 2.80. The smallest absolute Gasteiger partial charge is 0.153 e. The minimum Gasteiger partial charge on any atom is -0.298 e. The lowest BCUT2D eigenvalue weighted by molar-refractivity contribution is 0.112. The van der Waals surface area contributed by atoms with E-state index >= 15 is 0 Å². The third-order valence-corrected chi connectivity index (χ3v) is 2.63. The summed E-state index contributed by atoms with van der Waals surface area (Å²) in [5.41, 5.74) is 2.25. The zero-order chi connectivity index (χ0) is 9.97. The van der Waals surface area contributed by atoms with E-state index in [1.807, 2.05) is 24.3 Å². The average Bonchev–Trinajstić information content (AvgIpc) is 2.66. The van der Waals surface area contributed by atoms with Gasteiger partial charge in [-0.15, -0.1) is 0 Å². The molecule has 0 aliphatic rings. The number of carbonyl (C=O) groups excluding carboxylic acids is 1. The number of hydrogen-bond acceptors (Lipinski definition) is 2. The van der Waals surface area contributed by atoms with Crippen LogP contribution in [0.4, 0.5) is 0 Å². The van der Waals surface area contributed by atoms with Gasteiger partial charge in [0.05, 0.1) is 17.5 Å². The minimum absolute atomic E-state index is 0.567. The summed E-state index contributed by atoms with van der Waals surface area (Å²) in [5, 5.41) is 6.64. The molecule has 0 bridgehead atoms. The van der Waals surface area contributed by atoms with Gasteiger partial charge in [-0.25, -0.2) is 0 Å². The van der Waals surface area contributed by atoms with Crippen molar-refractivity contribution in [3.63, 3.8) is 0 Å². The van der Waals surface area contributed by atoms with Crippen LogP contribution in [-0.2, 0) is 0 Å². The van der Waals surface area contributed by atoms with E-state index in [2.05, 4.69) is 26.1 Å². The van der Waals surface area contributed by atoms with Crippen LogP contribution in [0.5, 0.6) is 0 Å². The second kappa shape index (κ2) is 3.75. The van der Waals surface area contributed by atoms with E-state index in [1.54, 1.807) is 0 Å². The molecule has 1 aromatic carbocycles. The second-order valence-corrected chi connectivity index (χ2v) is 3.65. The molecule has 0 aliphatic carbocycles. The number of halogens is 1. The molecular weight excluding hydrogens is 244 g/mol. The Balaban J connectivity index is 2.60. The summed E-state index contributed by atoms with van der Waals surface area (Å²) in [7, 11) is 0. The van der Waals surface area contributed by atoms with E-state index < -0.39 is 0 Å². The van der Waals surface area contributed by atoms with Gasteiger partial charge < -0.3 is 0 Å². The van der Waals surface area contributed by atoms with Gasteiger partial charge >= 0.3 is 0 Å². The predicted molar refractivity (Wildman–Crippen MR) is 57.1 cm³/mol. The summed E-state index contributed by atoms with van der Waals surface area (Å²) < 4.78 is 0.937. The van der Waals surface area contributed by atoms with E-state index in [1.165, 1.54) is 6.20 Å². The van der Waals surface area contributed by atoms with Gasteiger partial charge in [0.1, 0.15) is 0 Å². The van der Waals surface area contributed by atoms with Gasteiger partial charge in [-0.1, -0.05) is 34.1 Å². The monoisotopic (exact) mass is 250 g/mol. The molecule has 0 radical (unpaired) electrons. The average molecular weight is 251 g/mol. The Morgan fingerprint density at radius 1 is 1.36 bits per heavy atom. The molecule has 1 aromatic heterocycles. The number of nitrogens with zero attached hydrogens (tertiary/aromatic N) is 1. The quantitative estimate of drug-likeness (QED) is 0.834. The molecule has 2 aromatic rings. The van der Waals surface area contributed by atoms with Crippen LogP contribution in [0.3, 0.4) is 0 Å². The van der Waals surface area contributed by atoms with Gasteiger partial charge in [-0.3, -0.25) is 9.89 Å². The normalized spacial score (nSPS) is 10.1. The van der Waals surface area contributed by atoms with E-state index in [0.29, 0.717) is 5.56 Å². The molecule has 1 heterocycles. The maximum absolute atomic E-state index is 10.7. The van der Waals surface area contributed by atoms with Crippen LogP contribution in [0.2, 0.25) is 0 Å². The van der Waals surface area contributed by atoms with Gasteiger partial charge in [-0.2, -0.15) is 5.10 Å². The summed E-state index contributed by atoms with van der Waals surface area (Å²) in [5.74, 6) is 0. The molecule has 0 spiro atoms. The van der Waals surface area contributed by atoms with Crippen LogP contribution in [-0.4, -0.2) is 16.5 Å². The van der Waals surface area contributed by atoms with Crippen LogP contribution in [0.25, 0.3) is 11.3 Å². The molecule has 0 saturated heterocycles. The summed E-state index contributed by atoms with van der Waals surface area (Å²) in [4.78, 5) is 10.7. The highest BCUT2D eigenvalue weighted by atomic mass is 79.9. The molecule has 0 unspecified atom stereocenters. The summed E-state index contributed by atoms with van der Waals surface area (Å²) in [6.45, 7) is 0. The Kier molecular flexibility index (Phi) is 2.45. The lowest BCUT2D eigenvalue weighted by Gasteiger charge is -2.01. The number of H-pyrrole nitrogens is 1. The largest absolute Gasteiger partial charge is 0.298 e. The third kappa shape index (κ3) is 1.48. The zero-order valence-corrected chi connectivity index (χ0v) is 8.78. The first-order valence-electron chi connectivity index (χ1n) is 4.06. The van der Waals surface area contributed by atoms with Crippen molar-refractivity contribution < 1.29 is 4.79 Å². The summed E-state index contributed by atoms with van der Waals surface area (Å²) in [6, 6.07) is 7.68. The number of aromatic nitrogens is 2. The fraction of sp³-hybridized carbons (Fsp3) is 0. The molecule has 3 nitrogen and oxygen atoms in total. The van der Waals surface area contributed by atoms with Crippen molar-refractivity contribution in [2.24, 2.45) is 0 Å². The maximum atomic E-state index is 10.7. The van der Waals surface area contributed by atoms with Crippen molar-refractivity contribution in [2.75, 3.05) is 0 Å². The molecule has 0 atom stereocenters. The lowest BCUT2D eigenvalue weighted by Crippen LogP contribution is -1.85. The fourth-order valence-corrected chi connectivity index (χ4v) is 1.75. The highest BCUT2D eigenvalue weighted by molar-refractivity contribution is 9.10. The Morgan fingerprint density at radius 2 is 2.14 bits per heavy atom. The highest BCUT2D eigenvalue weighted by Crippen LogP contribution is 2.27. The van der Waals surface area contributed by atoms with Crippen molar-refractivity contribution in [3.8, 4) is 11.3 Å². The molecule has 14 heavy (non-hydrogen) atoms. The Labute approximate surface area is 89.3 Å². The highest BCUT2D eigenvalue weighted by Gasteiger charge is 2.08. The van der Waals surface area contributed by atoms with Gasteiger partial charge in [0.2, 0.25) is 0 Å². The minimum atomic E-state index is 0.567. The van der Waals surface area contributed by atoms with E-state index in [-0.39, 0.29) is 0 Å². The summed E-state index contributed by atoms with van der Waals surface area (Å²) in [6.07, 6.45) is 2.31. The van der Waals surface area contributed by atoms with Gasteiger partial charge in [0, 0.05) is 10.0 Å². The van der Waals surface area contributed by atoms with Crippen molar-refractivity contribution in [1.82, 2.24) is 10.2 Å². The zero-order valence-electron chi connectivity index (χ0n) is 7.20. The first kappa shape index (κ1) is 9.15. The third-order valence-electron chi connectivity index (χ3n) is 1.94. The maximum Gasteiger partial charge on any atom is 0.153 e. The van der Waals surface area contributed by atoms with Crippen LogP contribution < -0.4 is 0 Å². The summed E-state index contributed by atoms with van der Waals surface area (Å²) >= 11 is 3.42. The van der Waals surface area contributed by atoms with Crippen molar-refractivity contribution >= 4 is 22.2 Å². The number of hydrogen-bond donors (Lipinski definition) is 1. The number of nitrogens with one attached hydrogen (secondary N) is 1. The van der Waals surface area contributed by atoms with E-state index in [0.717, 1.165) is 22.0 Å². The molecule has 1 N–H and O–H groups in total. The predicted octanol–water partition coefficient (Wildman–Crippen LogP) is 2.65. The van der Waals surface area contributed by atoms with E-state index in [9.17, 15) is 4.79 Å². The Hall–Kier alpha value is -1.42. The van der Waals surface area contributed by atoms with Gasteiger partial charge in [0.25, 0.3) is 0 Å². The molecule has 0 aliphatic heterocycles. The SMILES string of the molecule is O=Cc1cn[nH]c1-c1ccccc1Br. The van der Waals surface area contributed by atoms with Crippen LogP contribution in [0, 0.1) is 0 Å². The first-order chi connectivity index (χ1) is 6.83. The van der Waals surface area contributed by atoms with Gasteiger partial charge in [-0.05, 0) is 6.07 Å². The molecule has 0 saturated carbocycles. The van der Waals surface area contributed by atoms with Crippen LogP contribution in [0.1, 0.15) is 10.4 Å². The standard InChI is InChI=1S/C10H7BrN2O/c11-9-4-2-1-3-8(9)10-7(6-14)5-12-13-10/h1-6H,(H,12,13). The number of aldehydes is 1.